The Morgan fingerprint density at radius 2 is 1.74 bits per heavy atom. The molecule has 0 aliphatic heterocycles. The summed E-state index contributed by atoms with van der Waals surface area (Å²) in [5.41, 5.74) is 5.98. The summed E-state index contributed by atoms with van der Waals surface area (Å²) in [6.45, 7) is 2.38. The molecule has 0 aliphatic carbocycles. The first-order valence-electron chi connectivity index (χ1n) is 8.48. The van der Waals surface area contributed by atoms with Gasteiger partial charge in [-0.3, -0.25) is 4.79 Å². The molecule has 5 heteroatoms. The summed E-state index contributed by atoms with van der Waals surface area (Å²) < 4.78 is 5.74. The van der Waals surface area contributed by atoms with E-state index >= 15 is 0 Å². The summed E-state index contributed by atoms with van der Waals surface area (Å²) in [7, 11) is 0. The molecule has 3 rings (SSSR count). The maximum Gasteiger partial charge on any atom is 0.271 e. The van der Waals surface area contributed by atoms with E-state index in [9.17, 15) is 4.79 Å². The fourth-order valence-electron chi connectivity index (χ4n) is 2.36. The van der Waals surface area contributed by atoms with Crippen molar-refractivity contribution in [1.29, 1.82) is 0 Å². The molecule has 3 aromatic carbocycles. The van der Waals surface area contributed by atoms with E-state index in [1.165, 1.54) is 0 Å². The number of aryl methyl sites for hydroxylation is 1. The average Bonchev–Trinajstić information content (AvgIpc) is 2.69. The molecule has 27 heavy (non-hydrogen) atoms. The number of ether oxygens (including phenoxy) is 1. The van der Waals surface area contributed by atoms with Gasteiger partial charge in [0.1, 0.15) is 12.4 Å². The molecule has 0 aliphatic rings. The minimum absolute atomic E-state index is 0.244. The van der Waals surface area contributed by atoms with Gasteiger partial charge in [0.25, 0.3) is 5.91 Å². The minimum Gasteiger partial charge on any atom is -0.489 e. The van der Waals surface area contributed by atoms with Crippen LogP contribution in [-0.2, 0) is 6.61 Å². The standard InChI is InChI=1S/C22H19ClN2O2/c1-16-6-10-18(11-7-16)22(26)25-24-14-17-8-12-20(13-9-17)27-15-19-4-2-3-5-21(19)23/h2-14H,15H2,1H3,(H,25,26)/b24-14+. The van der Waals surface area contributed by atoms with Gasteiger partial charge in [0, 0.05) is 16.1 Å². The Kier molecular flexibility index (Phi) is 6.23. The quantitative estimate of drug-likeness (QED) is 0.485. The highest BCUT2D eigenvalue weighted by Crippen LogP contribution is 2.18. The lowest BCUT2D eigenvalue weighted by Gasteiger charge is -2.07. The van der Waals surface area contributed by atoms with E-state index in [2.05, 4.69) is 10.5 Å². The highest BCUT2D eigenvalue weighted by Gasteiger charge is 2.03. The summed E-state index contributed by atoms with van der Waals surface area (Å²) in [4.78, 5) is 12.0. The molecule has 0 atom stereocenters. The predicted molar refractivity (Wildman–Crippen MR) is 108 cm³/mol. The number of hydrogen-bond donors (Lipinski definition) is 1. The van der Waals surface area contributed by atoms with Gasteiger partial charge in [-0.1, -0.05) is 47.5 Å². The third-order valence-electron chi connectivity index (χ3n) is 3.93. The van der Waals surface area contributed by atoms with Crippen LogP contribution in [0.2, 0.25) is 5.02 Å². The summed E-state index contributed by atoms with van der Waals surface area (Å²) >= 11 is 6.12. The molecule has 0 saturated heterocycles. The number of carbonyl (C=O) groups excluding carboxylic acids is 1. The number of nitrogens with one attached hydrogen (secondary N) is 1. The maximum absolute atomic E-state index is 12.0. The molecule has 0 spiro atoms. The Balaban J connectivity index is 1.52. The van der Waals surface area contributed by atoms with E-state index < -0.39 is 0 Å². The van der Waals surface area contributed by atoms with Crippen LogP contribution in [0.1, 0.15) is 27.0 Å². The van der Waals surface area contributed by atoms with E-state index in [0.29, 0.717) is 17.2 Å². The smallest absolute Gasteiger partial charge is 0.271 e. The monoisotopic (exact) mass is 378 g/mol. The molecule has 0 aromatic heterocycles. The number of hydrazone groups is 1. The largest absolute Gasteiger partial charge is 0.489 e. The lowest BCUT2D eigenvalue weighted by molar-refractivity contribution is 0.0955. The second-order valence-corrected chi connectivity index (χ2v) is 6.42. The van der Waals surface area contributed by atoms with Crippen molar-refractivity contribution in [2.24, 2.45) is 5.10 Å². The van der Waals surface area contributed by atoms with Gasteiger partial charge < -0.3 is 4.74 Å². The van der Waals surface area contributed by atoms with Crippen LogP contribution in [0.25, 0.3) is 0 Å². The van der Waals surface area contributed by atoms with Crippen LogP contribution in [0.4, 0.5) is 0 Å². The SMILES string of the molecule is Cc1ccc(C(=O)N/N=C/c2ccc(OCc3ccccc3Cl)cc2)cc1. The Hall–Kier alpha value is -3.11. The molecule has 0 heterocycles. The minimum atomic E-state index is -0.244. The maximum atomic E-state index is 12.0. The van der Waals surface area contributed by atoms with Crippen molar-refractivity contribution in [2.75, 3.05) is 0 Å². The molecule has 4 nitrogen and oxygen atoms in total. The number of rotatable bonds is 6. The highest BCUT2D eigenvalue weighted by atomic mass is 35.5. The van der Waals surface area contributed by atoms with Crippen molar-refractivity contribution in [2.45, 2.75) is 13.5 Å². The van der Waals surface area contributed by atoms with Crippen LogP contribution >= 0.6 is 11.6 Å². The number of amides is 1. The van der Waals surface area contributed by atoms with Gasteiger partial charge >= 0.3 is 0 Å². The lowest BCUT2D eigenvalue weighted by Crippen LogP contribution is -2.17. The first kappa shape index (κ1) is 18.7. The van der Waals surface area contributed by atoms with E-state index in [1.54, 1.807) is 18.3 Å². The Morgan fingerprint density at radius 3 is 2.44 bits per heavy atom. The molecule has 136 valence electrons. The van der Waals surface area contributed by atoms with E-state index in [-0.39, 0.29) is 5.91 Å². The zero-order valence-corrected chi connectivity index (χ0v) is 15.6. The second-order valence-electron chi connectivity index (χ2n) is 6.01. The van der Waals surface area contributed by atoms with E-state index in [1.807, 2.05) is 67.6 Å². The zero-order chi connectivity index (χ0) is 19.1. The molecular formula is C22H19ClN2O2. The molecule has 3 aromatic rings. The van der Waals surface area contributed by atoms with Crippen LogP contribution in [0, 0.1) is 6.92 Å². The molecular weight excluding hydrogens is 360 g/mol. The van der Waals surface area contributed by atoms with Crippen molar-refractivity contribution in [3.8, 4) is 5.75 Å². The van der Waals surface area contributed by atoms with Gasteiger partial charge in [-0.2, -0.15) is 5.10 Å². The van der Waals surface area contributed by atoms with Gasteiger partial charge in [-0.25, -0.2) is 5.43 Å². The lowest BCUT2D eigenvalue weighted by atomic mass is 10.1. The average molecular weight is 379 g/mol. The van der Waals surface area contributed by atoms with Crippen molar-refractivity contribution >= 4 is 23.7 Å². The summed E-state index contributed by atoms with van der Waals surface area (Å²) in [5, 5.41) is 4.68. The molecule has 0 radical (unpaired) electrons. The third kappa shape index (κ3) is 5.43. The zero-order valence-electron chi connectivity index (χ0n) is 14.9. The predicted octanol–water partition coefficient (Wildman–Crippen LogP) is 4.99. The molecule has 1 N–H and O–H groups in total. The van der Waals surface area contributed by atoms with Crippen LogP contribution in [-0.4, -0.2) is 12.1 Å². The van der Waals surface area contributed by atoms with Crippen molar-refractivity contribution in [3.05, 3.63) is 100 Å². The van der Waals surface area contributed by atoms with Gasteiger partial charge in [-0.15, -0.1) is 0 Å². The van der Waals surface area contributed by atoms with Crippen LogP contribution < -0.4 is 10.2 Å². The normalized spacial score (nSPS) is 10.7. The summed E-state index contributed by atoms with van der Waals surface area (Å²) in [6.07, 6.45) is 1.59. The van der Waals surface area contributed by atoms with Crippen molar-refractivity contribution < 1.29 is 9.53 Å². The van der Waals surface area contributed by atoms with Crippen molar-refractivity contribution in [3.63, 3.8) is 0 Å². The number of halogens is 1. The molecule has 0 saturated carbocycles. The van der Waals surface area contributed by atoms with E-state index in [0.717, 1.165) is 22.4 Å². The number of nitrogens with zero attached hydrogens (tertiary/aromatic N) is 1. The molecule has 0 bridgehead atoms. The second kappa shape index (κ2) is 9.01. The molecule has 0 unspecified atom stereocenters. The highest BCUT2D eigenvalue weighted by molar-refractivity contribution is 6.31. The van der Waals surface area contributed by atoms with Crippen molar-refractivity contribution in [1.82, 2.24) is 5.43 Å². The number of carbonyl (C=O) groups is 1. The Labute approximate surface area is 163 Å². The van der Waals surface area contributed by atoms with Gasteiger partial charge in [0.05, 0.1) is 6.21 Å². The van der Waals surface area contributed by atoms with E-state index in [4.69, 9.17) is 16.3 Å². The summed E-state index contributed by atoms with van der Waals surface area (Å²) in [5.74, 6) is 0.488. The molecule has 0 fully saturated rings. The van der Waals surface area contributed by atoms with Crippen LogP contribution in [0.3, 0.4) is 0 Å². The number of benzene rings is 3. The fourth-order valence-corrected chi connectivity index (χ4v) is 2.55. The van der Waals surface area contributed by atoms with Gasteiger partial charge in [0.2, 0.25) is 0 Å². The fraction of sp³-hybridized carbons (Fsp3) is 0.0909. The van der Waals surface area contributed by atoms with Gasteiger partial charge in [0.15, 0.2) is 0 Å². The Morgan fingerprint density at radius 1 is 1.04 bits per heavy atom. The first-order chi connectivity index (χ1) is 13.1. The Bertz CT molecular complexity index is 935. The first-order valence-corrected chi connectivity index (χ1v) is 8.86. The topological polar surface area (TPSA) is 50.7 Å². The molecule has 1 amide bonds. The third-order valence-corrected chi connectivity index (χ3v) is 4.29. The number of hydrogen-bond acceptors (Lipinski definition) is 3. The van der Waals surface area contributed by atoms with Crippen LogP contribution in [0.5, 0.6) is 5.75 Å². The summed E-state index contributed by atoms with van der Waals surface area (Å²) in [6, 6.07) is 22.3. The van der Waals surface area contributed by atoms with Crippen LogP contribution in [0.15, 0.2) is 77.9 Å². The van der Waals surface area contributed by atoms with Gasteiger partial charge in [-0.05, 0) is 55.0 Å².